The molecule has 1 atom stereocenters. The Bertz CT molecular complexity index is 457. The Morgan fingerprint density at radius 2 is 2.40 bits per heavy atom. The number of anilines is 1. The highest BCUT2D eigenvalue weighted by atomic mass is 35.5. The summed E-state index contributed by atoms with van der Waals surface area (Å²) >= 11 is 7.15. The normalized spacial score (nSPS) is 24.3. The highest BCUT2D eigenvalue weighted by Gasteiger charge is 2.31. The first-order valence-corrected chi connectivity index (χ1v) is 7.60. The monoisotopic (exact) mass is 266 g/mol. The fraction of sp³-hybridized carbons (Fsp3) is 0.625. The largest absolute Gasteiger partial charge is 0.347 e. The van der Waals surface area contributed by atoms with Crippen LogP contribution >= 0.6 is 22.9 Å². The minimum atomic E-state index is -2.84. The third-order valence-corrected chi connectivity index (χ3v) is 5.53. The van der Waals surface area contributed by atoms with Gasteiger partial charge in [-0.25, -0.2) is 13.4 Å². The van der Waals surface area contributed by atoms with Gasteiger partial charge in [0.1, 0.15) is 5.15 Å². The fourth-order valence-corrected chi connectivity index (χ4v) is 4.40. The molecule has 1 saturated heterocycles. The third kappa shape index (κ3) is 2.43. The molecule has 1 aromatic rings. The minimum Gasteiger partial charge on any atom is -0.347 e. The maximum atomic E-state index is 11.3. The van der Waals surface area contributed by atoms with Crippen molar-refractivity contribution in [2.75, 3.05) is 23.5 Å². The highest BCUT2D eigenvalue weighted by Crippen LogP contribution is 2.27. The van der Waals surface area contributed by atoms with E-state index in [0.29, 0.717) is 11.6 Å². The molecule has 0 spiro atoms. The Balaban J connectivity index is 2.13. The first-order valence-electron chi connectivity index (χ1n) is 4.52. The molecule has 4 nitrogen and oxygen atoms in total. The van der Waals surface area contributed by atoms with E-state index in [0.717, 1.165) is 5.13 Å². The van der Waals surface area contributed by atoms with Gasteiger partial charge in [-0.05, 0) is 6.42 Å². The van der Waals surface area contributed by atoms with Crippen LogP contribution in [0.3, 0.4) is 0 Å². The number of nitrogens with zero attached hydrogens (tertiary/aromatic N) is 2. The van der Waals surface area contributed by atoms with E-state index in [9.17, 15) is 8.42 Å². The smallest absolute Gasteiger partial charge is 0.186 e. The molecule has 0 N–H and O–H groups in total. The number of rotatable bonds is 2. The molecule has 0 bridgehead atoms. The number of hydrogen-bond donors (Lipinski definition) is 0. The summed E-state index contributed by atoms with van der Waals surface area (Å²) in [5.41, 5.74) is 0. The predicted molar refractivity (Wildman–Crippen MR) is 62.6 cm³/mol. The number of aromatic nitrogens is 1. The van der Waals surface area contributed by atoms with Crippen LogP contribution in [-0.4, -0.2) is 38.0 Å². The maximum absolute atomic E-state index is 11.3. The Morgan fingerprint density at radius 3 is 2.87 bits per heavy atom. The molecule has 0 aromatic carbocycles. The second-order valence-electron chi connectivity index (χ2n) is 3.62. The van der Waals surface area contributed by atoms with Gasteiger partial charge in [0.25, 0.3) is 0 Å². The zero-order chi connectivity index (χ0) is 11.1. The summed E-state index contributed by atoms with van der Waals surface area (Å²) < 4.78 is 22.6. The van der Waals surface area contributed by atoms with E-state index in [1.54, 1.807) is 5.38 Å². The van der Waals surface area contributed by atoms with Gasteiger partial charge in [-0.15, -0.1) is 11.3 Å². The quantitative estimate of drug-likeness (QED) is 0.812. The molecule has 2 rings (SSSR count). The summed E-state index contributed by atoms with van der Waals surface area (Å²) in [4.78, 5) is 6.02. The summed E-state index contributed by atoms with van der Waals surface area (Å²) in [5.74, 6) is 0.502. The maximum Gasteiger partial charge on any atom is 0.186 e. The highest BCUT2D eigenvalue weighted by molar-refractivity contribution is 7.91. The van der Waals surface area contributed by atoms with Gasteiger partial charge in [0, 0.05) is 18.5 Å². The molecule has 84 valence electrons. The summed E-state index contributed by atoms with van der Waals surface area (Å²) in [5, 5.41) is 2.99. The predicted octanol–water partition coefficient (Wildman–Crippen LogP) is 1.42. The van der Waals surface area contributed by atoms with Gasteiger partial charge in [-0.3, -0.25) is 0 Å². The van der Waals surface area contributed by atoms with Gasteiger partial charge in [0.15, 0.2) is 15.0 Å². The lowest BCUT2D eigenvalue weighted by Crippen LogP contribution is -2.32. The molecular formula is C8H11ClN2O2S2. The Labute approximate surface area is 97.8 Å². The molecule has 1 aliphatic heterocycles. The van der Waals surface area contributed by atoms with Crippen molar-refractivity contribution < 1.29 is 8.42 Å². The van der Waals surface area contributed by atoms with Gasteiger partial charge < -0.3 is 4.90 Å². The van der Waals surface area contributed by atoms with Crippen LogP contribution in [0, 0.1) is 0 Å². The van der Waals surface area contributed by atoms with Crippen LogP contribution in [-0.2, 0) is 9.84 Å². The zero-order valence-corrected chi connectivity index (χ0v) is 10.6. The second kappa shape index (κ2) is 3.92. The molecule has 1 aliphatic rings. The van der Waals surface area contributed by atoms with Gasteiger partial charge in [-0.1, -0.05) is 11.6 Å². The van der Waals surface area contributed by atoms with Crippen molar-refractivity contribution in [1.29, 1.82) is 0 Å². The Morgan fingerprint density at radius 1 is 1.67 bits per heavy atom. The topological polar surface area (TPSA) is 50.3 Å². The van der Waals surface area contributed by atoms with Crippen molar-refractivity contribution in [2.24, 2.45) is 0 Å². The molecule has 2 heterocycles. The van der Waals surface area contributed by atoms with Gasteiger partial charge in [-0.2, -0.15) is 0 Å². The first-order chi connectivity index (χ1) is 6.98. The molecule has 1 fully saturated rings. The summed E-state index contributed by atoms with van der Waals surface area (Å²) in [6.07, 6.45) is 0.677. The molecule has 0 radical (unpaired) electrons. The summed E-state index contributed by atoms with van der Waals surface area (Å²) in [6, 6.07) is 0.0391. The van der Waals surface area contributed by atoms with E-state index < -0.39 is 9.84 Å². The minimum absolute atomic E-state index is 0.0391. The number of halogens is 1. The number of hydrogen-bond acceptors (Lipinski definition) is 5. The standard InChI is InChI=1S/C8H11ClN2O2S2/c1-11(8-10-7(9)4-14-8)6-2-3-15(12,13)5-6/h4,6H,2-3,5H2,1H3. The van der Waals surface area contributed by atoms with Crippen molar-refractivity contribution in [3.05, 3.63) is 10.5 Å². The van der Waals surface area contributed by atoms with Gasteiger partial charge in [0.2, 0.25) is 0 Å². The van der Waals surface area contributed by atoms with Gasteiger partial charge >= 0.3 is 0 Å². The Kier molecular flexibility index (Phi) is 2.92. The zero-order valence-electron chi connectivity index (χ0n) is 8.18. The van der Waals surface area contributed by atoms with Crippen molar-refractivity contribution in [2.45, 2.75) is 12.5 Å². The fourth-order valence-electron chi connectivity index (χ4n) is 1.64. The lowest BCUT2D eigenvalue weighted by molar-refractivity contribution is 0.601. The molecule has 0 amide bonds. The lowest BCUT2D eigenvalue weighted by atomic mass is 10.2. The number of sulfone groups is 1. The summed E-state index contributed by atoms with van der Waals surface area (Å²) in [6.45, 7) is 0. The van der Waals surface area contributed by atoms with Crippen LogP contribution in [0.15, 0.2) is 5.38 Å². The molecule has 1 aromatic heterocycles. The van der Waals surface area contributed by atoms with Crippen LogP contribution in [0.2, 0.25) is 5.15 Å². The Hall–Kier alpha value is -0.330. The van der Waals surface area contributed by atoms with Crippen molar-refractivity contribution >= 4 is 37.9 Å². The molecule has 7 heteroatoms. The molecule has 0 saturated carbocycles. The van der Waals surface area contributed by atoms with E-state index in [4.69, 9.17) is 11.6 Å². The van der Waals surface area contributed by atoms with Crippen LogP contribution in [0.25, 0.3) is 0 Å². The van der Waals surface area contributed by atoms with Crippen LogP contribution < -0.4 is 4.90 Å². The van der Waals surface area contributed by atoms with E-state index >= 15 is 0 Å². The average molecular weight is 267 g/mol. The average Bonchev–Trinajstić information content (AvgIpc) is 2.71. The SMILES string of the molecule is CN(c1nc(Cl)cs1)C1CCS(=O)(=O)C1. The molecule has 1 unspecified atom stereocenters. The van der Waals surface area contributed by atoms with E-state index in [2.05, 4.69) is 4.98 Å². The van der Waals surface area contributed by atoms with Crippen molar-refractivity contribution in [3.63, 3.8) is 0 Å². The lowest BCUT2D eigenvalue weighted by Gasteiger charge is -2.22. The van der Waals surface area contributed by atoms with Crippen molar-refractivity contribution in [3.8, 4) is 0 Å². The summed E-state index contributed by atoms with van der Waals surface area (Å²) in [7, 11) is -0.978. The molecular weight excluding hydrogens is 256 g/mol. The van der Waals surface area contributed by atoms with Crippen LogP contribution in [0.1, 0.15) is 6.42 Å². The van der Waals surface area contributed by atoms with Crippen LogP contribution in [0.5, 0.6) is 0 Å². The van der Waals surface area contributed by atoms with Gasteiger partial charge in [0.05, 0.1) is 11.5 Å². The molecule has 0 aliphatic carbocycles. The van der Waals surface area contributed by atoms with E-state index in [-0.39, 0.29) is 17.5 Å². The number of thiazole rings is 1. The van der Waals surface area contributed by atoms with E-state index in [1.807, 2.05) is 11.9 Å². The second-order valence-corrected chi connectivity index (χ2v) is 7.07. The third-order valence-electron chi connectivity index (χ3n) is 2.52. The van der Waals surface area contributed by atoms with Crippen molar-refractivity contribution in [1.82, 2.24) is 4.98 Å². The first kappa shape index (κ1) is 11.2. The van der Waals surface area contributed by atoms with E-state index in [1.165, 1.54) is 11.3 Å². The molecule has 15 heavy (non-hydrogen) atoms. The van der Waals surface area contributed by atoms with Crippen LogP contribution in [0.4, 0.5) is 5.13 Å².